The van der Waals surface area contributed by atoms with E-state index in [4.69, 9.17) is 5.73 Å². The molecule has 1 aromatic heterocycles. The summed E-state index contributed by atoms with van der Waals surface area (Å²) in [5.74, 6) is 0.939. The minimum Gasteiger partial charge on any atom is -0.329 e. The molecule has 1 aliphatic rings. The van der Waals surface area contributed by atoms with Gasteiger partial charge >= 0.3 is 0 Å². The second-order valence-corrected chi connectivity index (χ2v) is 6.14. The van der Waals surface area contributed by atoms with E-state index in [1.54, 1.807) is 0 Å². The van der Waals surface area contributed by atoms with Crippen LogP contribution in [-0.2, 0) is 6.42 Å². The van der Waals surface area contributed by atoms with Crippen molar-refractivity contribution < 1.29 is 0 Å². The van der Waals surface area contributed by atoms with Crippen molar-refractivity contribution in [1.29, 1.82) is 0 Å². The standard InChI is InChI=1S/C14H24N2S/c1-3-12-7-8-14(17-12)13(9-15)16(4-2)10-11-5-6-11/h7-8,11,13H,3-6,9-10,15H2,1-2H3. The van der Waals surface area contributed by atoms with Gasteiger partial charge in [-0.25, -0.2) is 0 Å². The molecule has 0 aliphatic heterocycles. The molecule has 2 N–H and O–H groups in total. The third kappa shape index (κ3) is 3.30. The summed E-state index contributed by atoms with van der Waals surface area (Å²) in [5, 5.41) is 0. The Morgan fingerprint density at radius 2 is 2.18 bits per heavy atom. The highest BCUT2D eigenvalue weighted by molar-refractivity contribution is 7.12. The molecule has 2 rings (SSSR count). The molecule has 17 heavy (non-hydrogen) atoms. The summed E-state index contributed by atoms with van der Waals surface area (Å²) < 4.78 is 0. The number of nitrogens with zero attached hydrogens (tertiary/aromatic N) is 1. The van der Waals surface area contributed by atoms with E-state index in [0.717, 1.165) is 25.4 Å². The summed E-state index contributed by atoms with van der Waals surface area (Å²) in [4.78, 5) is 5.48. The van der Waals surface area contributed by atoms with E-state index in [2.05, 4.69) is 30.9 Å². The average Bonchev–Trinajstić information content (AvgIpc) is 3.04. The maximum absolute atomic E-state index is 5.99. The van der Waals surface area contributed by atoms with Crippen LogP contribution < -0.4 is 5.73 Å². The SMILES string of the molecule is CCc1ccc(C(CN)N(CC)CC2CC2)s1. The normalized spacial score (nSPS) is 17.6. The van der Waals surface area contributed by atoms with Crippen molar-refractivity contribution in [2.75, 3.05) is 19.6 Å². The number of rotatable bonds is 7. The van der Waals surface area contributed by atoms with E-state index < -0.39 is 0 Å². The van der Waals surface area contributed by atoms with Crippen LogP contribution in [0.3, 0.4) is 0 Å². The fraction of sp³-hybridized carbons (Fsp3) is 0.714. The summed E-state index contributed by atoms with van der Waals surface area (Å²) >= 11 is 1.94. The molecule has 0 radical (unpaired) electrons. The Hall–Kier alpha value is -0.380. The summed E-state index contributed by atoms with van der Waals surface area (Å²) in [6.07, 6.45) is 3.97. The third-order valence-electron chi connectivity index (χ3n) is 3.62. The lowest BCUT2D eigenvalue weighted by Crippen LogP contribution is -2.34. The second kappa shape index (κ2) is 5.98. The molecule has 0 amide bonds. The van der Waals surface area contributed by atoms with Gasteiger partial charge in [0.2, 0.25) is 0 Å². The predicted molar refractivity (Wildman–Crippen MR) is 75.5 cm³/mol. The van der Waals surface area contributed by atoms with Crippen LogP contribution in [0.1, 0.15) is 42.5 Å². The molecule has 1 aliphatic carbocycles. The Labute approximate surface area is 109 Å². The van der Waals surface area contributed by atoms with Gasteiger partial charge in [0.25, 0.3) is 0 Å². The summed E-state index contributed by atoms with van der Waals surface area (Å²) in [5.41, 5.74) is 5.99. The van der Waals surface area contributed by atoms with Crippen LogP contribution in [0, 0.1) is 5.92 Å². The zero-order chi connectivity index (χ0) is 12.3. The summed E-state index contributed by atoms with van der Waals surface area (Å²) in [6, 6.07) is 4.97. The largest absolute Gasteiger partial charge is 0.329 e. The molecule has 3 heteroatoms. The van der Waals surface area contributed by atoms with Gasteiger partial charge in [0.15, 0.2) is 0 Å². The highest BCUT2D eigenvalue weighted by Crippen LogP contribution is 2.34. The molecule has 1 fully saturated rings. The lowest BCUT2D eigenvalue weighted by Gasteiger charge is -2.29. The molecule has 0 aromatic carbocycles. The topological polar surface area (TPSA) is 29.3 Å². The predicted octanol–water partition coefficient (Wildman–Crippen LogP) is 3.04. The van der Waals surface area contributed by atoms with Crippen LogP contribution in [0.15, 0.2) is 12.1 Å². The molecule has 0 spiro atoms. The number of hydrogen-bond acceptors (Lipinski definition) is 3. The van der Waals surface area contributed by atoms with Gasteiger partial charge < -0.3 is 5.73 Å². The molecule has 1 atom stereocenters. The molecular formula is C14H24N2S. The number of likely N-dealkylation sites (N-methyl/N-ethyl adjacent to an activating group) is 1. The second-order valence-electron chi connectivity index (χ2n) is 4.94. The molecular weight excluding hydrogens is 228 g/mol. The van der Waals surface area contributed by atoms with Crippen molar-refractivity contribution in [2.45, 2.75) is 39.2 Å². The van der Waals surface area contributed by atoms with E-state index in [1.807, 2.05) is 11.3 Å². The fourth-order valence-electron chi connectivity index (χ4n) is 2.32. The number of aryl methyl sites for hydroxylation is 1. The minimum atomic E-state index is 0.436. The highest BCUT2D eigenvalue weighted by atomic mass is 32.1. The first kappa shape index (κ1) is 13.1. The molecule has 0 saturated heterocycles. The van der Waals surface area contributed by atoms with Gasteiger partial charge in [-0.05, 0) is 43.9 Å². The van der Waals surface area contributed by atoms with Crippen LogP contribution in [0.25, 0.3) is 0 Å². The van der Waals surface area contributed by atoms with Crippen molar-refractivity contribution in [3.05, 3.63) is 21.9 Å². The molecule has 2 nitrogen and oxygen atoms in total. The number of hydrogen-bond donors (Lipinski definition) is 1. The summed E-state index contributed by atoms with van der Waals surface area (Å²) in [6.45, 7) is 7.55. The Morgan fingerprint density at radius 1 is 1.41 bits per heavy atom. The Bertz CT molecular complexity index is 344. The zero-order valence-corrected chi connectivity index (χ0v) is 11.8. The first-order valence-electron chi connectivity index (χ1n) is 6.81. The number of nitrogens with two attached hydrogens (primary N) is 1. The van der Waals surface area contributed by atoms with Gasteiger partial charge in [-0.3, -0.25) is 4.90 Å². The molecule has 1 heterocycles. The molecule has 0 bridgehead atoms. The van der Waals surface area contributed by atoms with Crippen LogP contribution in [-0.4, -0.2) is 24.5 Å². The van der Waals surface area contributed by atoms with Gasteiger partial charge in [-0.1, -0.05) is 13.8 Å². The van der Waals surface area contributed by atoms with Crippen LogP contribution >= 0.6 is 11.3 Å². The Morgan fingerprint density at radius 3 is 2.65 bits per heavy atom. The van der Waals surface area contributed by atoms with Crippen molar-refractivity contribution in [2.24, 2.45) is 11.7 Å². The van der Waals surface area contributed by atoms with Crippen LogP contribution in [0.2, 0.25) is 0 Å². The first-order chi connectivity index (χ1) is 8.28. The fourth-order valence-corrected chi connectivity index (χ4v) is 3.42. The van der Waals surface area contributed by atoms with E-state index in [0.29, 0.717) is 6.04 Å². The van der Waals surface area contributed by atoms with Crippen LogP contribution in [0.4, 0.5) is 0 Å². The van der Waals surface area contributed by atoms with Gasteiger partial charge in [0.1, 0.15) is 0 Å². The maximum atomic E-state index is 5.99. The van der Waals surface area contributed by atoms with Gasteiger partial charge in [-0.15, -0.1) is 11.3 Å². The molecule has 1 saturated carbocycles. The molecule has 96 valence electrons. The highest BCUT2D eigenvalue weighted by Gasteiger charge is 2.28. The molecule has 1 aromatic rings. The van der Waals surface area contributed by atoms with E-state index in [-0.39, 0.29) is 0 Å². The van der Waals surface area contributed by atoms with E-state index in [1.165, 1.54) is 29.1 Å². The zero-order valence-electron chi connectivity index (χ0n) is 11.0. The van der Waals surface area contributed by atoms with Crippen molar-refractivity contribution in [3.8, 4) is 0 Å². The van der Waals surface area contributed by atoms with E-state index >= 15 is 0 Å². The van der Waals surface area contributed by atoms with Crippen LogP contribution in [0.5, 0.6) is 0 Å². The third-order valence-corrected chi connectivity index (χ3v) is 4.95. The Balaban J connectivity index is 2.06. The van der Waals surface area contributed by atoms with Crippen molar-refractivity contribution in [1.82, 2.24) is 4.90 Å². The first-order valence-corrected chi connectivity index (χ1v) is 7.62. The van der Waals surface area contributed by atoms with Crippen molar-refractivity contribution in [3.63, 3.8) is 0 Å². The van der Waals surface area contributed by atoms with Gasteiger partial charge in [0, 0.05) is 22.8 Å². The monoisotopic (exact) mass is 252 g/mol. The smallest absolute Gasteiger partial charge is 0.0564 e. The Kier molecular flexibility index (Phi) is 4.60. The lowest BCUT2D eigenvalue weighted by atomic mass is 10.2. The van der Waals surface area contributed by atoms with Gasteiger partial charge in [0.05, 0.1) is 6.04 Å². The average molecular weight is 252 g/mol. The van der Waals surface area contributed by atoms with E-state index in [9.17, 15) is 0 Å². The maximum Gasteiger partial charge on any atom is 0.0564 e. The molecule has 1 unspecified atom stereocenters. The quantitative estimate of drug-likeness (QED) is 0.808. The lowest BCUT2D eigenvalue weighted by molar-refractivity contribution is 0.206. The summed E-state index contributed by atoms with van der Waals surface area (Å²) in [7, 11) is 0. The minimum absolute atomic E-state index is 0.436. The number of thiophene rings is 1. The van der Waals surface area contributed by atoms with Gasteiger partial charge in [-0.2, -0.15) is 0 Å². The van der Waals surface area contributed by atoms with Crippen molar-refractivity contribution >= 4 is 11.3 Å².